The topological polar surface area (TPSA) is 46.1 Å². The van der Waals surface area contributed by atoms with Crippen molar-refractivity contribution in [2.75, 3.05) is 32.8 Å². The van der Waals surface area contributed by atoms with Gasteiger partial charge in [-0.15, -0.1) is 0 Å². The molecule has 0 aromatic heterocycles. The number of nitrogens with zero attached hydrogens (tertiary/aromatic N) is 2. The Hall–Kier alpha value is -1.75. The van der Waals surface area contributed by atoms with Crippen molar-refractivity contribution in [3.8, 4) is 5.75 Å². The molecule has 2 aliphatic rings. The molecule has 2 fully saturated rings. The molecule has 0 bridgehead atoms. The van der Waals surface area contributed by atoms with Gasteiger partial charge in [0.2, 0.25) is 0 Å². The Morgan fingerprint density at radius 3 is 2.81 bits per heavy atom. The molecule has 5 nitrogen and oxygen atoms in total. The van der Waals surface area contributed by atoms with E-state index in [0.717, 1.165) is 50.1 Å². The molecule has 1 spiro atoms. The van der Waals surface area contributed by atoms with Crippen LogP contribution in [-0.2, 0) is 11.3 Å². The monoisotopic (exact) mass is 359 g/mol. The summed E-state index contributed by atoms with van der Waals surface area (Å²) in [6.45, 7) is 13.7. The molecular weight excluding hydrogens is 326 g/mol. The molecule has 0 aliphatic carbocycles. The van der Waals surface area contributed by atoms with Crippen LogP contribution >= 0.6 is 0 Å². The lowest BCUT2D eigenvalue weighted by Crippen LogP contribution is -2.41. The summed E-state index contributed by atoms with van der Waals surface area (Å²) in [6.07, 6.45) is 2.37. The lowest BCUT2D eigenvalue weighted by molar-refractivity contribution is 0.129. The summed E-state index contributed by atoms with van der Waals surface area (Å²) in [5, 5.41) is 3.46. The molecule has 1 aromatic carbocycles. The van der Waals surface area contributed by atoms with Crippen LogP contribution in [0.2, 0.25) is 0 Å². The van der Waals surface area contributed by atoms with Gasteiger partial charge >= 0.3 is 0 Å². The maximum absolute atomic E-state index is 6.11. The van der Waals surface area contributed by atoms with Crippen LogP contribution < -0.4 is 10.1 Å². The largest absolute Gasteiger partial charge is 0.488 e. The first-order chi connectivity index (χ1) is 12.4. The minimum atomic E-state index is -0.214. The van der Waals surface area contributed by atoms with Gasteiger partial charge in [-0.3, -0.25) is 0 Å². The van der Waals surface area contributed by atoms with Gasteiger partial charge in [0.15, 0.2) is 5.96 Å². The Kier molecular flexibility index (Phi) is 5.76. The van der Waals surface area contributed by atoms with E-state index in [1.807, 2.05) is 18.2 Å². The van der Waals surface area contributed by atoms with Crippen LogP contribution in [-0.4, -0.2) is 49.3 Å². The predicted octanol–water partition coefficient (Wildman–Crippen LogP) is 3.44. The third-order valence-corrected chi connectivity index (χ3v) is 5.05. The molecule has 0 amide bonds. The summed E-state index contributed by atoms with van der Waals surface area (Å²) in [6, 6.07) is 8.20. The summed E-state index contributed by atoms with van der Waals surface area (Å²) < 4.78 is 11.8. The second kappa shape index (κ2) is 7.87. The van der Waals surface area contributed by atoms with Gasteiger partial charge < -0.3 is 19.7 Å². The van der Waals surface area contributed by atoms with Gasteiger partial charge in [0.05, 0.1) is 13.2 Å². The smallest absolute Gasteiger partial charge is 0.194 e. The molecule has 144 valence electrons. The van der Waals surface area contributed by atoms with Crippen molar-refractivity contribution in [3.63, 3.8) is 0 Å². The summed E-state index contributed by atoms with van der Waals surface area (Å²) in [4.78, 5) is 7.32. The second-order valence-electron chi connectivity index (χ2n) is 8.47. The first-order valence-electron chi connectivity index (χ1n) is 9.79. The van der Waals surface area contributed by atoms with Gasteiger partial charge in [-0.2, -0.15) is 0 Å². The van der Waals surface area contributed by atoms with E-state index < -0.39 is 0 Å². The quantitative estimate of drug-likeness (QED) is 0.661. The fourth-order valence-corrected chi connectivity index (χ4v) is 3.74. The number of aliphatic imine (C=N–C) groups is 1. The van der Waals surface area contributed by atoms with Gasteiger partial charge in [-0.1, -0.05) is 18.2 Å². The molecule has 2 saturated heterocycles. The van der Waals surface area contributed by atoms with E-state index >= 15 is 0 Å². The average Bonchev–Trinajstić information content (AvgIpc) is 3.22. The van der Waals surface area contributed by atoms with Crippen molar-refractivity contribution in [1.82, 2.24) is 10.2 Å². The molecule has 2 heterocycles. The van der Waals surface area contributed by atoms with Crippen LogP contribution in [0.5, 0.6) is 5.75 Å². The summed E-state index contributed by atoms with van der Waals surface area (Å²) >= 11 is 0. The van der Waals surface area contributed by atoms with Crippen molar-refractivity contribution in [2.45, 2.75) is 52.7 Å². The molecule has 1 N–H and O–H groups in total. The lowest BCUT2D eigenvalue weighted by atomic mass is 9.87. The zero-order valence-electron chi connectivity index (χ0n) is 16.7. The third kappa shape index (κ3) is 4.70. The van der Waals surface area contributed by atoms with Gasteiger partial charge in [-0.25, -0.2) is 4.99 Å². The number of nitrogens with one attached hydrogen (secondary N) is 1. The molecule has 2 aliphatic heterocycles. The van der Waals surface area contributed by atoms with E-state index in [4.69, 9.17) is 14.5 Å². The SMILES string of the molecule is CCNC(=NCc1ccccc1OC(C)(C)C)N1CCC2(CCOC2)C1. The van der Waals surface area contributed by atoms with Crippen LogP contribution in [0.25, 0.3) is 0 Å². The van der Waals surface area contributed by atoms with Crippen LogP contribution in [0, 0.1) is 5.41 Å². The third-order valence-electron chi connectivity index (χ3n) is 5.05. The highest BCUT2D eigenvalue weighted by Gasteiger charge is 2.42. The predicted molar refractivity (Wildman–Crippen MR) is 106 cm³/mol. The number of likely N-dealkylation sites (tertiary alicyclic amines) is 1. The maximum Gasteiger partial charge on any atom is 0.194 e. The number of guanidine groups is 1. The standard InChI is InChI=1S/C21H33N3O2/c1-5-22-19(24-12-10-21(15-24)11-13-25-16-21)23-14-17-8-6-7-9-18(17)26-20(2,3)4/h6-9H,5,10-16H2,1-4H3,(H,22,23). The number of benzene rings is 1. The number of rotatable bonds is 4. The molecule has 1 aromatic rings. The molecule has 0 radical (unpaired) electrons. The van der Waals surface area contributed by atoms with Gasteiger partial charge in [0.25, 0.3) is 0 Å². The Balaban J connectivity index is 1.72. The molecule has 0 saturated carbocycles. The van der Waals surface area contributed by atoms with Gasteiger partial charge in [0.1, 0.15) is 11.4 Å². The molecule has 1 atom stereocenters. The highest BCUT2D eigenvalue weighted by atomic mass is 16.5. The fraction of sp³-hybridized carbons (Fsp3) is 0.667. The first-order valence-corrected chi connectivity index (χ1v) is 9.79. The second-order valence-corrected chi connectivity index (χ2v) is 8.47. The summed E-state index contributed by atoms with van der Waals surface area (Å²) in [5.74, 6) is 1.92. The highest BCUT2D eigenvalue weighted by Crippen LogP contribution is 2.38. The zero-order valence-corrected chi connectivity index (χ0v) is 16.7. The number of hydrogen-bond acceptors (Lipinski definition) is 3. The van der Waals surface area contributed by atoms with E-state index in [1.165, 1.54) is 12.8 Å². The van der Waals surface area contributed by atoms with E-state index in [9.17, 15) is 0 Å². The van der Waals surface area contributed by atoms with Crippen LogP contribution in [0.1, 0.15) is 46.1 Å². The fourth-order valence-electron chi connectivity index (χ4n) is 3.74. The van der Waals surface area contributed by atoms with Crippen molar-refractivity contribution < 1.29 is 9.47 Å². The van der Waals surface area contributed by atoms with Crippen LogP contribution in [0.4, 0.5) is 0 Å². The minimum absolute atomic E-state index is 0.214. The summed E-state index contributed by atoms with van der Waals surface area (Å²) in [7, 11) is 0. The molecule has 3 rings (SSSR count). The van der Waals surface area contributed by atoms with Crippen LogP contribution in [0.15, 0.2) is 29.3 Å². The van der Waals surface area contributed by atoms with E-state index in [-0.39, 0.29) is 5.60 Å². The Labute approximate surface area is 157 Å². The maximum atomic E-state index is 6.11. The molecule has 1 unspecified atom stereocenters. The van der Waals surface area contributed by atoms with Gasteiger partial charge in [0, 0.05) is 37.2 Å². The first kappa shape index (κ1) is 19.0. The Morgan fingerprint density at radius 2 is 2.12 bits per heavy atom. The van der Waals surface area contributed by atoms with Crippen molar-refractivity contribution in [3.05, 3.63) is 29.8 Å². The minimum Gasteiger partial charge on any atom is -0.488 e. The summed E-state index contributed by atoms with van der Waals surface area (Å²) in [5.41, 5.74) is 1.24. The zero-order chi connectivity index (χ0) is 18.6. The van der Waals surface area contributed by atoms with Crippen molar-refractivity contribution >= 4 is 5.96 Å². The molecule has 5 heteroatoms. The normalized spacial score (nSPS) is 23.7. The highest BCUT2D eigenvalue weighted by molar-refractivity contribution is 5.80. The van der Waals surface area contributed by atoms with Crippen molar-refractivity contribution in [2.24, 2.45) is 10.4 Å². The van der Waals surface area contributed by atoms with Crippen LogP contribution in [0.3, 0.4) is 0 Å². The Morgan fingerprint density at radius 1 is 1.31 bits per heavy atom. The van der Waals surface area contributed by atoms with Crippen molar-refractivity contribution in [1.29, 1.82) is 0 Å². The van der Waals surface area contributed by atoms with E-state index in [2.05, 4.69) is 44.0 Å². The number of para-hydroxylation sites is 1. The van der Waals surface area contributed by atoms with E-state index in [1.54, 1.807) is 0 Å². The Bertz CT molecular complexity index is 630. The molecular formula is C21H33N3O2. The average molecular weight is 360 g/mol. The number of ether oxygens (including phenoxy) is 2. The molecule has 26 heavy (non-hydrogen) atoms. The number of hydrogen-bond donors (Lipinski definition) is 1. The lowest BCUT2D eigenvalue weighted by Gasteiger charge is -2.25. The van der Waals surface area contributed by atoms with Gasteiger partial charge in [-0.05, 0) is 46.6 Å². The van der Waals surface area contributed by atoms with E-state index in [0.29, 0.717) is 12.0 Å².